The molecule has 3 rings (SSSR count). The molecule has 0 saturated carbocycles. The molecule has 1 N–H and O–H groups in total. The summed E-state index contributed by atoms with van der Waals surface area (Å²) in [4.78, 5) is 11.8. The normalized spacial score (nSPS) is 15.6. The molecule has 1 aliphatic rings. The van der Waals surface area contributed by atoms with E-state index < -0.39 is 5.82 Å². The van der Waals surface area contributed by atoms with E-state index in [1.54, 1.807) is 12.1 Å². The zero-order valence-corrected chi connectivity index (χ0v) is 12.6. The molecule has 0 aliphatic carbocycles. The average molecular weight is 315 g/mol. The molecule has 1 heterocycles. The molecule has 2 aromatic carbocycles. The number of para-hydroxylation sites is 2. The minimum Gasteiger partial charge on any atom is -0.490 e. The van der Waals surface area contributed by atoms with Crippen molar-refractivity contribution in [2.24, 2.45) is 0 Å². The van der Waals surface area contributed by atoms with Crippen molar-refractivity contribution in [2.45, 2.75) is 18.9 Å². The number of fused-ring (bicyclic) bond motifs is 1. The third kappa shape index (κ3) is 4.00. The highest BCUT2D eigenvalue weighted by atomic mass is 19.1. The first-order valence-electron chi connectivity index (χ1n) is 7.61. The second kappa shape index (κ2) is 7.13. The largest absolute Gasteiger partial charge is 0.490 e. The van der Waals surface area contributed by atoms with Gasteiger partial charge in [-0.3, -0.25) is 4.79 Å². The maximum atomic E-state index is 13.4. The highest BCUT2D eigenvalue weighted by Gasteiger charge is 2.22. The Morgan fingerprint density at radius 3 is 2.83 bits per heavy atom. The number of nitrogens with one attached hydrogen (secondary N) is 1. The Labute approximate surface area is 134 Å². The smallest absolute Gasteiger partial charge is 0.223 e. The molecule has 120 valence electrons. The van der Waals surface area contributed by atoms with Gasteiger partial charge in [-0.2, -0.15) is 0 Å². The van der Waals surface area contributed by atoms with E-state index in [0.717, 1.165) is 17.7 Å². The molecule has 23 heavy (non-hydrogen) atoms. The van der Waals surface area contributed by atoms with Crippen molar-refractivity contribution in [2.75, 3.05) is 13.2 Å². The van der Waals surface area contributed by atoms with Crippen molar-refractivity contribution >= 4 is 5.91 Å². The predicted octanol–water partition coefficient (Wildman–Crippen LogP) is 2.71. The Hall–Kier alpha value is -2.56. The summed E-state index contributed by atoms with van der Waals surface area (Å²) in [7, 11) is 0. The highest BCUT2D eigenvalue weighted by Crippen LogP contribution is 2.27. The number of carbonyl (C=O) groups excluding carboxylic acids is 1. The number of carbonyl (C=O) groups is 1. The van der Waals surface area contributed by atoms with E-state index in [1.165, 1.54) is 12.1 Å². The molecule has 0 fully saturated rings. The van der Waals surface area contributed by atoms with E-state index in [0.29, 0.717) is 6.54 Å². The molecule has 0 bridgehead atoms. The monoisotopic (exact) mass is 315 g/mol. The van der Waals surface area contributed by atoms with Crippen LogP contribution in [0.5, 0.6) is 11.5 Å². The van der Waals surface area contributed by atoms with Crippen molar-refractivity contribution in [1.82, 2.24) is 5.32 Å². The van der Waals surface area contributed by atoms with E-state index >= 15 is 0 Å². The minimum atomic E-state index is -0.426. The van der Waals surface area contributed by atoms with Crippen LogP contribution in [0.15, 0.2) is 48.5 Å². The zero-order valence-electron chi connectivity index (χ0n) is 12.6. The number of benzene rings is 2. The van der Waals surface area contributed by atoms with Gasteiger partial charge < -0.3 is 14.8 Å². The number of ether oxygens (including phenoxy) is 2. The van der Waals surface area contributed by atoms with Crippen molar-refractivity contribution in [3.63, 3.8) is 0 Å². The van der Waals surface area contributed by atoms with Crippen LogP contribution in [-0.4, -0.2) is 25.2 Å². The van der Waals surface area contributed by atoms with Gasteiger partial charge in [0.2, 0.25) is 5.91 Å². The van der Waals surface area contributed by atoms with Crippen LogP contribution in [0.2, 0.25) is 0 Å². The Morgan fingerprint density at radius 2 is 2.00 bits per heavy atom. The summed E-state index contributed by atoms with van der Waals surface area (Å²) in [5, 5.41) is 2.82. The third-order valence-corrected chi connectivity index (χ3v) is 3.66. The van der Waals surface area contributed by atoms with E-state index in [2.05, 4.69) is 5.32 Å². The molecular weight excluding hydrogens is 297 g/mol. The predicted molar refractivity (Wildman–Crippen MR) is 84.1 cm³/mol. The van der Waals surface area contributed by atoms with Crippen LogP contribution in [0.25, 0.3) is 0 Å². The van der Waals surface area contributed by atoms with Gasteiger partial charge in [-0.25, -0.2) is 4.39 Å². The fraction of sp³-hybridized carbons (Fsp3) is 0.278. The molecule has 4 nitrogen and oxygen atoms in total. The molecule has 0 saturated heterocycles. The Morgan fingerprint density at radius 1 is 1.22 bits per heavy atom. The van der Waals surface area contributed by atoms with E-state index in [4.69, 9.17) is 9.47 Å². The van der Waals surface area contributed by atoms with Crippen LogP contribution in [0.3, 0.4) is 0 Å². The van der Waals surface area contributed by atoms with Gasteiger partial charge in [0.15, 0.2) is 11.6 Å². The van der Waals surface area contributed by atoms with Gasteiger partial charge in [-0.1, -0.05) is 30.3 Å². The van der Waals surface area contributed by atoms with Crippen LogP contribution in [-0.2, 0) is 11.2 Å². The lowest BCUT2D eigenvalue weighted by molar-refractivity contribution is -0.121. The van der Waals surface area contributed by atoms with Crippen molar-refractivity contribution in [1.29, 1.82) is 0 Å². The number of hydrogen-bond acceptors (Lipinski definition) is 3. The molecule has 1 aliphatic heterocycles. The SMILES string of the molecule is O=C(CCOc1ccccc1F)NCC1Cc2ccccc2O1. The van der Waals surface area contributed by atoms with E-state index in [9.17, 15) is 9.18 Å². The van der Waals surface area contributed by atoms with Crippen LogP contribution < -0.4 is 14.8 Å². The van der Waals surface area contributed by atoms with E-state index in [-0.39, 0.29) is 30.8 Å². The average Bonchev–Trinajstić information content (AvgIpc) is 2.98. The summed E-state index contributed by atoms with van der Waals surface area (Å²) in [5.41, 5.74) is 1.16. The summed E-state index contributed by atoms with van der Waals surface area (Å²) < 4.78 is 24.4. The lowest BCUT2D eigenvalue weighted by Gasteiger charge is -2.12. The van der Waals surface area contributed by atoms with Crippen molar-refractivity contribution < 1.29 is 18.7 Å². The van der Waals surface area contributed by atoms with E-state index in [1.807, 2.05) is 24.3 Å². The molecular formula is C18H18FNO3. The summed E-state index contributed by atoms with van der Waals surface area (Å²) in [6, 6.07) is 14.0. The number of rotatable bonds is 6. The summed E-state index contributed by atoms with van der Waals surface area (Å²) in [6.07, 6.45) is 0.930. The van der Waals surface area contributed by atoms with Crippen LogP contribution in [0.1, 0.15) is 12.0 Å². The molecule has 0 aromatic heterocycles. The minimum absolute atomic E-state index is 0.0381. The Kier molecular flexibility index (Phi) is 4.76. The number of amides is 1. The topological polar surface area (TPSA) is 47.6 Å². The van der Waals surface area contributed by atoms with Gasteiger partial charge in [0.25, 0.3) is 0 Å². The molecule has 0 radical (unpaired) electrons. The van der Waals surface area contributed by atoms with Crippen molar-refractivity contribution in [3.05, 3.63) is 59.9 Å². The van der Waals surface area contributed by atoms with Gasteiger partial charge in [-0.15, -0.1) is 0 Å². The second-order valence-electron chi connectivity index (χ2n) is 5.38. The molecule has 1 unspecified atom stereocenters. The zero-order chi connectivity index (χ0) is 16.1. The maximum absolute atomic E-state index is 13.4. The van der Waals surface area contributed by atoms with Crippen molar-refractivity contribution in [3.8, 4) is 11.5 Å². The molecule has 5 heteroatoms. The van der Waals surface area contributed by atoms with Crippen LogP contribution in [0.4, 0.5) is 4.39 Å². The van der Waals surface area contributed by atoms with Gasteiger partial charge in [-0.05, 0) is 23.8 Å². The Bertz CT molecular complexity index is 664. The lowest BCUT2D eigenvalue weighted by Crippen LogP contribution is -2.35. The lowest BCUT2D eigenvalue weighted by atomic mass is 10.1. The molecule has 1 amide bonds. The standard InChI is InChI=1S/C18H18FNO3/c19-15-6-2-4-8-17(15)22-10-9-18(21)20-12-14-11-13-5-1-3-7-16(13)23-14/h1-8,14H,9-12H2,(H,20,21). The second-order valence-corrected chi connectivity index (χ2v) is 5.38. The first-order valence-corrected chi connectivity index (χ1v) is 7.61. The van der Waals surface area contributed by atoms with Crippen LogP contribution >= 0.6 is 0 Å². The first kappa shape index (κ1) is 15.3. The van der Waals surface area contributed by atoms with Crippen LogP contribution in [0, 0.1) is 5.82 Å². The fourth-order valence-electron chi connectivity index (χ4n) is 2.50. The molecule has 2 aromatic rings. The highest BCUT2D eigenvalue weighted by molar-refractivity contribution is 5.76. The first-order chi connectivity index (χ1) is 11.2. The van der Waals surface area contributed by atoms with Gasteiger partial charge in [0, 0.05) is 6.42 Å². The summed E-state index contributed by atoms with van der Waals surface area (Å²) in [6.45, 7) is 0.589. The summed E-state index contributed by atoms with van der Waals surface area (Å²) in [5.74, 6) is 0.482. The summed E-state index contributed by atoms with van der Waals surface area (Å²) >= 11 is 0. The fourth-order valence-corrected chi connectivity index (χ4v) is 2.50. The third-order valence-electron chi connectivity index (χ3n) is 3.66. The van der Waals surface area contributed by atoms with Gasteiger partial charge in [0.1, 0.15) is 11.9 Å². The molecule has 1 atom stereocenters. The Balaban J connectivity index is 1.37. The maximum Gasteiger partial charge on any atom is 0.223 e. The number of hydrogen-bond donors (Lipinski definition) is 1. The molecule has 0 spiro atoms. The van der Waals surface area contributed by atoms with Gasteiger partial charge in [0.05, 0.1) is 19.6 Å². The van der Waals surface area contributed by atoms with Gasteiger partial charge >= 0.3 is 0 Å². The quantitative estimate of drug-likeness (QED) is 0.891. The number of halogens is 1.